The summed E-state index contributed by atoms with van der Waals surface area (Å²) in [7, 11) is 0. The maximum Gasteiger partial charge on any atom is 0.335 e. The van der Waals surface area contributed by atoms with Crippen molar-refractivity contribution in [1.82, 2.24) is 0 Å². The number of benzene rings is 1. The second kappa shape index (κ2) is 5.12. The second-order valence-corrected chi connectivity index (χ2v) is 6.50. The van der Waals surface area contributed by atoms with Crippen LogP contribution in [0.15, 0.2) is 18.2 Å². The van der Waals surface area contributed by atoms with Crippen molar-refractivity contribution in [3.63, 3.8) is 0 Å². The van der Waals surface area contributed by atoms with Gasteiger partial charge in [0, 0.05) is 18.8 Å². The summed E-state index contributed by atoms with van der Waals surface area (Å²) in [6.45, 7) is 4.25. The smallest absolute Gasteiger partial charge is 0.335 e. The predicted octanol–water partition coefficient (Wildman–Crippen LogP) is 3.85. The minimum Gasteiger partial charge on any atom is -0.478 e. The normalized spacial score (nSPS) is 21.4. The molecule has 1 N–H and O–H groups in total. The molecular weight excluding hydrogens is 250 g/mol. The van der Waals surface area contributed by atoms with Crippen molar-refractivity contribution in [1.29, 1.82) is 0 Å². The quantitative estimate of drug-likeness (QED) is 0.889. The van der Waals surface area contributed by atoms with Crippen LogP contribution in [0.1, 0.15) is 54.4 Å². The molecule has 0 unspecified atom stereocenters. The van der Waals surface area contributed by atoms with Gasteiger partial charge in [-0.3, -0.25) is 0 Å². The van der Waals surface area contributed by atoms with E-state index in [2.05, 4.69) is 4.90 Å². The molecule has 1 saturated heterocycles. The zero-order chi connectivity index (χ0) is 14.2. The Balaban J connectivity index is 1.73. The highest BCUT2D eigenvalue weighted by atomic mass is 16.4. The molecule has 0 amide bonds. The van der Waals surface area contributed by atoms with Crippen LogP contribution in [0.25, 0.3) is 0 Å². The maximum atomic E-state index is 11.0. The van der Waals surface area contributed by atoms with Gasteiger partial charge in [-0.2, -0.15) is 0 Å². The van der Waals surface area contributed by atoms with Crippen LogP contribution >= 0.6 is 0 Å². The molecular formula is C17H23NO2. The van der Waals surface area contributed by atoms with Gasteiger partial charge in [0.25, 0.3) is 0 Å². The van der Waals surface area contributed by atoms with Crippen molar-refractivity contribution in [2.75, 3.05) is 18.0 Å². The molecule has 1 aliphatic heterocycles. The molecule has 3 rings (SSSR count). The summed E-state index contributed by atoms with van der Waals surface area (Å²) in [5, 5.41) is 9.04. The third-order valence-corrected chi connectivity index (χ3v) is 5.27. The maximum absolute atomic E-state index is 11.0. The average Bonchev–Trinajstić information content (AvgIpc) is 2.88. The number of aromatic carboxylic acids is 1. The zero-order valence-corrected chi connectivity index (χ0v) is 12.2. The van der Waals surface area contributed by atoms with Gasteiger partial charge in [-0.05, 0) is 61.8 Å². The first kappa shape index (κ1) is 13.5. The van der Waals surface area contributed by atoms with Crippen molar-refractivity contribution in [3.8, 4) is 0 Å². The number of aryl methyl sites for hydroxylation is 1. The van der Waals surface area contributed by atoms with Crippen LogP contribution in [-0.4, -0.2) is 24.2 Å². The lowest BCUT2D eigenvalue weighted by molar-refractivity contribution is 0.0697. The van der Waals surface area contributed by atoms with Crippen LogP contribution in [0.2, 0.25) is 0 Å². The Morgan fingerprint density at radius 1 is 1.15 bits per heavy atom. The van der Waals surface area contributed by atoms with E-state index < -0.39 is 5.97 Å². The van der Waals surface area contributed by atoms with E-state index in [1.807, 2.05) is 13.0 Å². The Morgan fingerprint density at radius 3 is 2.35 bits per heavy atom. The number of carboxylic acid groups (broad SMARTS) is 1. The molecule has 1 heterocycles. The molecule has 3 heteroatoms. The van der Waals surface area contributed by atoms with Crippen LogP contribution in [0.4, 0.5) is 5.69 Å². The summed E-state index contributed by atoms with van der Waals surface area (Å²) in [6, 6.07) is 5.49. The van der Waals surface area contributed by atoms with Crippen molar-refractivity contribution < 1.29 is 9.90 Å². The van der Waals surface area contributed by atoms with Gasteiger partial charge in [0.2, 0.25) is 0 Å². The van der Waals surface area contributed by atoms with Gasteiger partial charge in [0.15, 0.2) is 0 Å². The molecule has 20 heavy (non-hydrogen) atoms. The first-order valence-electron chi connectivity index (χ1n) is 7.69. The Labute approximate surface area is 120 Å². The van der Waals surface area contributed by atoms with Gasteiger partial charge in [-0.25, -0.2) is 4.79 Å². The van der Waals surface area contributed by atoms with Crippen molar-refractivity contribution in [2.24, 2.45) is 5.41 Å². The minimum absolute atomic E-state index is 0.385. The standard InChI is InChI=1S/C17H23NO2/c1-13-12-14(16(19)20)4-5-15(13)18-10-8-17(9-11-18)6-2-3-7-17/h4-5,12H,2-3,6-11H2,1H3,(H,19,20). The minimum atomic E-state index is -0.844. The zero-order valence-electron chi connectivity index (χ0n) is 12.2. The molecule has 0 aromatic heterocycles. The molecule has 108 valence electrons. The molecule has 1 aliphatic carbocycles. The first-order valence-corrected chi connectivity index (χ1v) is 7.69. The SMILES string of the molecule is Cc1cc(C(=O)O)ccc1N1CCC2(CCCC2)CC1. The summed E-state index contributed by atoms with van der Waals surface area (Å²) in [6.07, 6.45) is 8.24. The Morgan fingerprint density at radius 2 is 1.80 bits per heavy atom. The first-order chi connectivity index (χ1) is 9.60. The fourth-order valence-corrected chi connectivity index (χ4v) is 3.99. The lowest BCUT2D eigenvalue weighted by Crippen LogP contribution is -2.39. The highest BCUT2D eigenvalue weighted by Gasteiger charge is 2.37. The molecule has 0 bridgehead atoms. The summed E-state index contributed by atoms with van der Waals surface area (Å²) in [4.78, 5) is 13.4. The second-order valence-electron chi connectivity index (χ2n) is 6.50. The van der Waals surface area contributed by atoms with Crippen LogP contribution in [0, 0.1) is 12.3 Å². The number of hydrogen-bond acceptors (Lipinski definition) is 2. The Kier molecular flexibility index (Phi) is 3.45. The summed E-state index contributed by atoms with van der Waals surface area (Å²) in [5.41, 5.74) is 3.30. The number of nitrogens with zero attached hydrogens (tertiary/aromatic N) is 1. The number of anilines is 1. The van der Waals surface area contributed by atoms with Crippen LogP contribution < -0.4 is 4.90 Å². The number of carbonyl (C=O) groups is 1. The predicted molar refractivity (Wildman–Crippen MR) is 80.5 cm³/mol. The average molecular weight is 273 g/mol. The summed E-state index contributed by atoms with van der Waals surface area (Å²) in [5.74, 6) is -0.844. The number of hydrogen-bond donors (Lipinski definition) is 1. The van der Waals surface area contributed by atoms with Gasteiger partial charge in [-0.15, -0.1) is 0 Å². The van der Waals surface area contributed by atoms with E-state index in [0.717, 1.165) is 18.7 Å². The van der Waals surface area contributed by atoms with E-state index in [4.69, 9.17) is 5.11 Å². The molecule has 2 aliphatic rings. The van der Waals surface area contributed by atoms with Gasteiger partial charge in [-0.1, -0.05) is 12.8 Å². The van der Waals surface area contributed by atoms with Crippen LogP contribution in [0.3, 0.4) is 0 Å². The van der Waals surface area contributed by atoms with E-state index in [0.29, 0.717) is 11.0 Å². The summed E-state index contributed by atoms with van der Waals surface area (Å²) < 4.78 is 0. The van der Waals surface area contributed by atoms with Crippen molar-refractivity contribution in [3.05, 3.63) is 29.3 Å². The van der Waals surface area contributed by atoms with Gasteiger partial charge >= 0.3 is 5.97 Å². The van der Waals surface area contributed by atoms with E-state index in [1.54, 1.807) is 12.1 Å². The molecule has 1 spiro atoms. The Hall–Kier alpha value is -1.51. The highest BCUT2D eigenvalue weighted by molar-refractivity contribution is 5.88. The largest absolute Gasteiger partial charge is 0.478 e. The summed E-state index contributed by atoms with van der Waals surface area (Å²) >= 11 is 0. The fourth-order valence-electron chi connectivity index (χ4n) is 3.99. The van der Waals surface area contributed by atoms with Gasteiger partial charge in [0.1, 0.15) is 0 Å². The molecule has 3 nitrogen and oxygen atoms in total. The fraction of sp³-hybridized carbons (Fsp3) is 0.588. The monoisotopic (exact) mass is 273 g/mol. The molecule has 1 aromatic carbocycles. The van der Waals surface area contributed by atoms with E-state index >= 15 is 0 Å². The van der Waals surface area contributed by atoms with Gasteiger partial charge in [0.05, 0.1) is 5.56 Å². The third-order valence-electron chi connectivity index (χ3n) is 5.27. The lowest BCUT2D eigenvalue weighted by atomic mass is 9.77. The molecule has 1 saturated carbocycles. The van der Waals surface area contributed by atoms with Crippen LogP contribution in [-0.2, 0) is 0 Å². The molecule has 1 aromatic rings. The Bertz CT molecular complexity index is 508. The van der Waals surface area contributed by atoms with Crippen molar-refractivity contribution >= 4 is 11.7 Å². The van der Waals surface area contributed by atoms with E-state index in [-0.39, 0.29) is 0 Å². The third kappa shape index (κ3) is 2.41. The van der Waals surface area contributed by atoms with E-state index in [9.17, 15) is 4.79 Å². The van der Waals surface area contributed by atoms with Gasteiger partial charge < -0.3 is 10.0 Å². The molecule has 2 fully saturated rings. The molecule has 0 atom stereocenters. The lowest BCUT2D eigenvalue weighted by Gasteiger charge is -2.41. The topological polar surface area (TPSA) is 40.5 Å². The number of rotatable bonds is 2. The van der Waals surface area contributed by atoms with Crippen LogP contribution in [0.5, 0.6) is 0 Å². The number of carboxylic acids is 1. The number of piperidine rings is 1. The van der Waals surface area contributed by atoms with Crippen molar-refractivity contribution in [2.45, 2.75) is 45.4 Å². The highest BCUT2D eigenvalue weighted by Crippen LogP contribution is 2.46. The van der Waals surface area contributed by atoms with E-state index in [1.165, 1.54) is 44.2 Å². The molecule has 0 radical (unpaired) electrons.